The summed E-state index contributed by atoms with van der Waals surface area (Å²) < 4.78 is 80.3. The van der Waals surface area contributed by atoms with Crippen molar-refractivity contribution in [3.05, 3.63) is 83.1 Å². The molecule has 1 unspecified atom stereocenters. The van der Waals surface area contributed by atoms with E-state index < -0.39 is 45.8 Å². The average Bonchev–Trinajstić information content (AvgIpc) is 3.36. The first-order valence-corrected chi connectivity index (χ1v) is 15.4. The number of nitriles is 1. The Balaban J connectivity index is 1.83. The van der Waals surface area contributed by atoms with Gasteiger partial charge in [-0.25, -0.2) is 22.8 Å². The van der Waals surface area contributed by atoms with Crippen molar-refractivity contribution in [2.24, 2.45) is 0 Å². The highest BCUT2D eigenvalue weighted by atomic mass is 32.2. The number of hydrogen-bond acceptors (Lipinski definition) is 7. The summed E-state index contributed by atoms with van der Waals surface area (Å²) >= 11 is 0. The third-order valence-corrected chi connectivity index (χ3v) is 8.91. The number of amides is 1. The molecule has 2 aromatic heterocycles. The Labute approximate surface area is 252 Å². The predicted octanol–water partition coefficient (Wildman–Crippen LogP) is 5.06. The van der Waals surface area contributed by atoms with Gasteiger partial charge in [-0.3, -0.25) is 9.20 Å². The lowest BCUT2D eigenvalue weighted by Crippen LogP contribution is -2.38. The van der Waals surface area contributed by atoms with Crippen LogP contribution in [0.15, 0.2) is 54.9 Å². The van der Waals surface area contributed by atoms with Crippen molar-refractivity contribution in [1.82, 2.24) is 19.3 Å². The Morgan fingerprint density at radius 3 is 2.39 bits per heavy atom. The minimum Gasteiger partial charge on any atom is -0.360 e. The number of hydrogen-bond donors (Lipinski definition) is 0. The second-order valence-corrected chi connectivity index (χ2v) is 12.8. The third-order valence-electron chi connectivity index (χ3n) is 7.22. The fourth-order valence-electron chi connectivity index (χ4n) is 4.82. The first-order valence-electron chi connectivity index (χ1n) is 13.6. The summed E-state index contributed by atoms with van der Waals surface area (Å²) in [7, 11) is 0.0459. The first kappa shape index (κ1) is 32.4. The van der Waals surface area contributed by atoms with E-state index in [1.54, 1.807) is 67.0 Å². The van der Waals surface area contributed by atoms with Gasteiger partial charge in [0.15, 0.2) is 21.3 Å². The molecule has 0 spiro atoms. The van der Waals surface area contributed by atoms with Crippen LogP contribution in [0, 0.1) is 17.1 Å². The molecular formula is C30H30F4N6O3S. The molecule has 0 bridgehead atoms. The van der Waals surface area contributed by atoms with E-state index in [0.717, 1.165) is 6.07 Å². The molecule has 232 valence electrons. The molecule has 0 aliphatic carbocycles. The van der Waals surface area contributed by atoms with Gasteiger partial charge < -0.3 is 9.80 Å². The number of imidazole rings is 1. The zero-order valence-electron chi connectivity index (χ0n) is 24.4. The van der Waals surface area contributed by atoms with Crippen LogP contribution in [0.5, 0.6) is 0 Å². The Morgan fingerprint density at radius 2 is 1.82 bits per heavy atom. The molecule has 1 amide bonds. The van der Waals surface area contributed by atoms with Gasteiger partial charge in [-0.05, 0) is 36.8 Å². The summed E-state index contributed by atoms with van der Waals surface area (Å²) in [5, 5.41) is 9.29. The lowest BCUT2D eigenvalue weighted by atomic mass is 10.0. The van der Waals surface area contributed by atoms with Crippen LogP contribution in [0.2, 0.25) is 0 Å². The van der Waals surface area contributed by atoms with E-state index in [0.29, 0.717) is 46.1 Å². The standard InChI is InChI=1S/C30H30F4N6O3S/c1-5-44(42,43)15-14-39(25(41)17-21-8-11-23(24(31)16-21)30(32,33)34)19(2)26-27(22-9-6-20(18-35)7-10-22)40-13-12-36-28(38(3)4)29(40)37-26/h6-13,16,19H,5,14-15,17H2,1-4H3. The number of aromatic nitrogens is 3. The van der Waals surface area contributed by atoms with Gasteiger partial charge >= 0.3 is 6.18 Å². The fraction of sp³-hybridized carbons (Fsp3) is 0.333. The lowest BCUT2D eigenvalue weighted by Gasteiger charge is -2.29. The third kappa shape index (κ3) is 6.83. The summed E-state index contributed by atoms with van der Waals surface area (Å²) in [6.45, 7) is 2.91. The van der Waals surface area contributed by atoms with Gasteiger partial charge in [0.25, 0.3) is 0 Å². The van der Waals surface area contributed by atoms with E-state index in [1.807, 2.05) is 0 Å². The summed E-state index contributed by atoms with van der Waals surface area (Å²) in [5.74, 6) is -2.14. The van der Waals surface area contributed by atoms with Crippen LogP contribution in [-0.2, 0) is 27.2 Å². The van der Waals surface area contributed by atoms with Gasteiger partial charge in [0.05, 0.1) is 46.8 Å². The molecule has 4 aromatic rings. The lowest BCUT2D eigenvalue weighted by molar-refractivity contribution is -0.140. The van der Waals surface area contributed by atoms with Crippen LogP contribution in [0.3, 0.4) is 0 Å². The number of benzene rings is 2. The number of nitrogens with zero attached hydrogens (tertiary/aromatic N) is 6. The van der Waals surface area contributed by atoms with E-state index in [1.165, 1.54) is 11.8 Å². The van der Waals surface area contributed by atoms with Crippen molar-refractivity contribution in [3.8, 4) is 17.3 Å². The predicted molar refractivity (Wildman–Crippen MR) is 157 cm³/mol. The zero-order valence-corrected chi connectivity index (χ0v) is 25.2. The van der Waals surface area contributed by atoms with Gasteiger partial charge in [0, 0.05) is 44.4 Å². The highest BCUT2D eigenvalue weighted by Crippen LogP contribution is 2.35. The maximum absolute atomic E-state index is 14.3. The minimum absolute atomic E-state index is 0.00235. The van der Waals surface area contributed by atoms with Crippen LogP contribution >= 0.6 is 0 Å². The molecule has 1 atom stereocenters. The normalized spacial score (nSPS) is 12.6. The van der Waals surface area contributed by atoms with E-state index in [2.05, 4.69) is 11.1 Å². The molecule has 0 saturated heterocycles. The molecule has 2 heterocycles. The van der Waals surface area contributed by atoms with Crippen molar-refractivity contribution in [3.63, 3.8) is 0 Å². The van der Waals surface area contributed by atoms with Gasteiger partial charge in [0.1, 0.15) is 5.82 Å². The van der Waals surface area contributed by atoms with E-state index in [4.69, 9.17) is 4.98 Å². The topological polar surface area (TPSA) is 112 Å². The zero-order chi connectivity index (χ0) is 32.4. The van der Waals surface area contributed by atoms with Crippen LogP contribution in [0.1, 0.15) is 42.3 Å². The molecule has 9 nitrogen and oxygen atoms in total. The van der Waals surface area contributed by atoms with E-state index in [-0.39, 0.29) is 23.6 Å². The van der Waals surface area contributed by atoms with Crippen molar-refractivity contribution >= 4 is 27.2 Å². The fourth-order valence-corrected chi connectivity index (χ4v) is 5.58. The van der Waals surface area contributed by atoms with Gasteiger partial charge in [-0.2, -0.15) is 18.4 Å². The number of anilines is 1. The number of sulfone groups is 1. The molecule has 2 aromatic carbocycles. The van der Waals surface area contributed by atoms with Crippen molar-refractivity contribution in [1.29, 1.82) is 5.26 Å². The Kier molecular flexibility index (Phi) is 9.29. The molecule has 0 fully saturated rings. The SMILES string of the molecule is CCS(=O)(=O)CCN(C(=O)Cc1ccc(C(F)(F)F)c(F)c1)C(C)c1nc2c(N(C)C)nccn2c1-c1ccc(C#N)cc1. The Hall–Kier alpha value is -4.51. The minimum atomic E-state index is -4.90. The summed E-state index contributed by atoms with van der Waals surface area (Å²) in [4.78, 5) is 26.1. The van der Waals surface area contributed by atoms with E-state index in [9.17, 15) is 36.0 Å². The molecule has 0 aliphatic heterocycles. The number of fused-ring (bicyclic) bond motifs is 1. The number of alkyl halides is 3. The summed E-state index contributed by atoms with van der Waals surface area (Å²) in [5.41, 5.74) is 1.06. The number of halogens is 4. The van der Waals surface area contributed by atoms with Crippen molar-refractivity contribution in [2.45, 2.75) is 32.5 Å². The van der Waals surface area contributed by atoms with Crippen LogP contribution < -0.4 is 4.90 Å². The van der Waals surface area contributed by atoms with Gasteiger partial charge in [0.2, 0.25) is 5.91 Å². The van der Waals surface area contributed by atoms with Crippen LogP contribution in [-0.4, -0.2) is 65.7 Å². The van der Waals surface area contributed by atoms with Crippen LogP contribution in [0.25, 0.3) is 16.9 Å². The smallest absolute Gasteiger partial charge is 0.360 e. The maximum atomic E-state index is 14.3. The molecule has 0 aliphatic rings. The second kappa shape index (κ2) is 12.6. The molecule has 14 heteroatoms. The second-order valence-electron chi connectivity index (χ2n) is 10.4. The molecule has 0 radical (unpaired) electrons. The quantitative estimate of drug-likeness (QED) is 0.225. The maximum Gasteiger partial charge on any atom is 0.419 e. The monoisotopic (exact) mass is 630 g/mol. The summed E-state index contributed by atoms with van der Waals surface area (Å²) in [6, 6.07) is 10.2. The molecular weight excluding hydrogens is 600 g/mol. The molecule has 0 N–H and O–H groups in total. The molecule has 44 heavy (non-hydrogen) atoms. The number of rotatable bonds is 10. The number of carbonyl (C=O) groups is 1. The van der Waals surface area contributed by atoms with Gasteiger partial charge in [-0.15, -0.1) is 0 Å². The average molecular weight is 631 g/mol. The molecule has 0 saturated carbocycles. The van der Waals surface area contributed by atoms with Crippen molar-refractivity contribution < 1.29 is 30.8 Å². The van der Waals surface area contributed by atoms with Gasteiger partial charge in [-0.1, -0.05) is 25.1 Å². The molecule has 4 rings (SSSR count). The van der Waals surface area contributed by atoms with Crippen LogP contribution in [0.4, 0.5) is 23.4 Å². The highest BCUT2D eigenvalue weighted by Gasteiger charge is 2.34. The highest BCUT2D eigenvalue weighted by molar-refractivity contribution is 7.91. The number of carbonyl (C=O) groups excluding carboxylic acids is 1. The Morgan fingerprint density at radius 1 is 1.14 bits per heavy atom. The van der Waals surface area contributed by atoms with E-state index >= 15 is 0 Å². The largest absolute Gasteiger partial charge is 0.419 e. The van der Waals surface area contributed by atoms with Crippen molar-refractivity contribution in [2.75, 3.05) is 37.0 Å². The summed E-state index contributed by atoms with van der Waals surface area (Å²) in [6.07, 6.45) is -2.10. The first-order chi connectivity index (χ1) is 20.7. The Bertz CT molecular complexity index is 1830.